The van der Waals surface area contributed by atoms with E-state index in [1.807, 2.05) is 0 Å². The van der Waals surface area contributed by atoms with Crippen LogP contribution in [0.5, 0.6) is 5.75 Å². The fraction of sp³-hybridized carbons (Fsp3) is 0.200. The summed E-state index contributed by atoms with van der Waals surface area (Å²) in [4.78, 5) is 10.4. The highest BCUT2D eigenvalue weighted by Gasteiger charge is 2.15. The van der Waals surface area contributed by atoms with Gasteiger partial charge in [0.1, 0.15) is 16.8 Å². The molecule has 0 aliphatic heterocycles. The Morgan fingerprint density at radius 2 is 2.05 bits per heavy atom. The zero-order valence-corrected chi connectivity index (χ0v) is 12.9. The van der Waals surface area contributed by atoms with Crippen LogP contribution in [-0.2, 0) is 6.61 Å². The Kier molecular flexibility index (Phi) is 4.93. The summed E-state index contributed by atoms with van der Waals surface area (Å²) in [6.45, 7) is 1.88. The molecule has 110 valence electrons. The minimum absolute atomic E-state index is 0.00818. The third-order valence-corrected chi connectivity index (χ3v) is 3.91. The first kappa shape index (κ1) is 15.5. The van der Waals surface area contributed by atoms with E-state index in [4.69, 9.17) is 4.74 Å². The van der Waals surface area contributed by atoms with Gasteiger partial charge in [-0.25, -0.2) is 0 Å². The molecule has 2 aromatic rings. The molecule has 1 atom stereocenters. The summed E-state index contributed by atoms with van der Waals surface area (Å²) in [6.07, 6.45) is -0.571. The van der Waals surface area contributed by atoms with Crippen molar-refractivity contribution in [2.45, 2.75) is 19.6 Å². The van der Waals surface area contributed by atoms with Gasteiger partial charge in [0, 0.05) is 11.6 Å². The second kappa shape index (κ2) is 6.69. The molecule has 0 amide bonds. The SMILES string of the molecule is C[C@@H](O)c1cccc(OCc2cccc([N+](=O)[O-])c2Br)c1. The smallest absolute Gasteiger partial charge is 0.283 e. The Balaban J connectivity index is 2.15. The van der Waals surface area contributed by atoms with E-state index in [9.17, 15) is 15.2 Å². The second-order valence-electron chi connectivity index (χ2n) is 4.54. The molecule has 0 fully saturated rings. The van der Waals surface area contributed by atoms with E-state index in [2.05, 4.69) is 15.9 Å². The van der Waals surface area contributed by atoms with Crippen molar-refractivity contribution in [1.82, 2.24) is 0 Å². The van der Waals surface area contributed by atoms with Gasteiger partial charge in [-0.1, -0.05) is 24.3 Å². The van der Waals surface area contributed by atoms with E-state index < -0.39 is 11.0 Å². The molecule has 0 aliphatic carbocycles. The monoisotopic (exact) mass is 351 g/mol. The standard InChI is InChI=1S/C15H14BrNO4/c1-10(18)11-4-2-6-13(8-11)21-9-12-5-3-7-14(15(12)16)17(19)20/h2-8,10,18H,9H2,1H3/t10-/m1/s1. The molecule has 6 heteroatoms. The first-order valence-electron chi connectivity index (χ1n) is 6.31. The van der Waals surface area contributed by atoms with Gasteiger partial charge in [-0.15, -0.1) is 0 Å². The Hall–Kier alpha value is -1.92. The predicted octanol–water partition coefficient (Wildman–Crippen LogP) is 3.99. The number of aliphatic hydroxyl groups excluding tert-OH is 1. The first-order valence-corrected chi connectivity index (χ1v) is 7.11. The first-order chi connectivity index (χ1) is 9.99. The highest BCUT2D eigenvalue weighted by molar-refractivity contribution is 9.10. The Labute approximate surface area is 130 Å². The highest BCUT2D eigenvalue weighted by Crippen LogP contribution is 2.29. The van der Waals surface area contributed by atoms with Gasteiger partial charge in [-0.2, -0.15) is 0 Å². The molecule has 0 saturated heterocycles. The normalized spacial score (nSPS) is 12.0. The summed E-state index contributed by atoms with van der Waals surface area (Å²) in [5.41, 5.74) is 1.45. The van der Waals surface area contributed by atoms with Gasteiger partial charge in [0.15, 0.2) is 0 Å². The number of hydrogen-bond donors (Lipinski definition) is 1. The quantitative estimate of drug-likeness (QED) is 0.652. The summed E-state index contributed by atoms with van der Waals surface area (Å²) in [7, 11) is 0. The van der Waals surface area contributed by atoms with E-state index in [0.717, 1.165) is 5.56 Å². The van der Waals surface area contributed by atoms with Crippen LogP contribution in [0.15, 0.2) is 46.9 Å². The fourth-order valence-electron chi connectivity index (χ4n) is 1.84. The maximum atomic E-state index is 10.9. The maximum absolute atomic E-state index is 10.9. The van der Waals surface area contributed by atoms with Crippen molar-refractivity contribution < 1.29 is 14.8 Å². The van der Waals surface area contributed by atoms with Gasteiger partial charge in [-0.3, -0.25) is 10.1 Å². The molecule has 0 aliphatic rings. The molecule has 0 aromatic heterocycles. The number of rotatable bonds is 5. The van der Waals surface area contributed by atoms with Gasteiger partial charge in [0.05, 0.1) is 11.0 Å². The van der Waals surface area contributed by atoms with Crippen molar-refractivity contribution >= 4 is 21.6 Å². The third-order valence-electron chi connectivity index (χ3n) is 2.99. The number of nitro benzene ring substituents is 1. The summed E-state index contributed by atoms with van der Waals surface area (Å²) in [5, 5.41) is 20.4. The minimum Gasteiger partial charge on any atom is -0.489 e. The molecular formula is C15H14BrNO4. The number of halogens is 1. The lowest BCUT2D eigenvalue weighted by Crippen LogP contribution is -2.00. The van der Waals surface area contributed by atoms with E-state index >= 15 is 0 Å². The van der Waals surface area contributed by atoms with Gasteiger partial charge in [-0.05, 0) is 40.5 Å². The number of aliphatic hydroxyl groups is 1. The molecule has 1 N–H and O–H groups in total. The second-order valence-corrected chi connectivity index (χ2v) is 5.34. The predicted molar refractivity (Wildman–Crippen MR) is 82.2 cm³/mol. The number of nitro groups is 1. The number of hydrogen-bond acceptors (Lipinski definition) is 4. The molecule has 21 heavy (non-hydrogen) atoms. The molecule has 2 aromatic carbocycles. The van der Waals surface area contributed by atoms with Crippen LogP contribution >= 0.6 is 15.9 Å². The largest absolute Gasteiger partial charge is 0.489 e. The summed E-state index contributed by atoms with van der Waals surface area (Å²) in [5.74, 6) is 0.604. The molecule has 0 unspecified atom stereocenters. The van der Waals surface area contributed by atoms with Crippen LogP contribution in [0.25, 0.3) is 0 Å². The molecule has 0 spiro atoms. The average Bonchev–Trinajstić information content (AvgIpc) is 2.46. The van der Waals surface area contributed by atoms with Crippen LogP contribution in [-0.4, -0.2) is 10.0 Å². The van der Waals surface area contributed by atoms with Crippen LogP contribution in [0.2, 0.25) is 0 Å². The van der Waals surface area contributed by atoms with Crippen molar-refractivity contribution in [3.05, 3.63) is 68.2 Å². The molecule has 0 saturated carbocycles. The average molecular weight is 352 g/mol. The van der Waals surface area contributed by atoms with Gasteiger partial charge in [0.2, 0.25) is 0 Å². The number of ether oxygens (including phenoxy) is 1. The topological polar surface area (TPSA) is 72.6 Å². The van der Waals surface area contributed by atoms with Crippen molar-refractivity contribution in [3.63, 3.8) is 0 Å². The molecule has 5 nitrogen and oxygen atoms in total. The Morgan fingerprint density at radius 1 is 1.33 bits per heavy atom. The number of benzene rings is 2. The molecular weight excluding hydrogens is 338 g/mol. The summed E-state index contributed by atoms with van der Waals surface area (Å²) >= 11 is 3.23. The van der Waals surface area contributed by atoms with Crippen LogP contribution in [0.1, 0.15) is 24.2 Å². The van der Waals surface area contributed by atoms with Gasteiger partial charge < -0.3 is 9.84 Å². The number of nitrogens with zero attached hydrogens (tertiary/aromatic N) is 1. The molecule has 0 radical (unpaired) electrons. The van der Waals surface area contributed by atoms with E-state index in [1.54, 1.807) is 43.3 Å². The van der Waals surface area contributed by atoms with Crippen molar-refractivity contribution in [2.24, 2.45) is 0 Å². The van der Waals surface area contributed by atoms with Crippen LogP contribution in [0.3, 0.4) is 0 Å². The lowest BCUT2D eigenvalue weighted by Gasteiger charge is -2.10. The van der Waals surface area contributed by atoms with Crippen molar-refractivity contribution in [1.29, 1.82) is 0 Å². The fourth-order valence-corrected chi connectivity index (χ4v) is 2.37. The lowest BCUT2D eigenvalue weighted by atomic mass is 10.1. The molecule has 2 rings (SSSR count). The van der Waals surface area contributed by atoms with Crippen LogP contribution in [0.4, 0.5) is 5.69 Å². The van der Waals surface area contributed by atoms with Crippen LogP contribution in [0, 0.1) is 10.1 Å². The lowest BCUT2D eigenvalue weighted by molar-refractivity contribution is -0.385. The Morgan fingerprint density at radius 3 is 2.71 bits per heavy atom. The summed E-state index contributed by atoms with van der Waals surface area (Å²) in [6, 6.07) is 11.9. The van der Waals surface area contributed by atoms with E-state index in [0.29, 0.717) is 15.8 Å². The van der Waals surface area contributed by atoms with E-state index in [1.165, 1.54) is 6.07 Å². The minimum atomic E-state index is -0.571. The molecule has 0 heterocycles. The van der Waals surface area contributed by atoms with Crippen molar-refractivity contribution in [3.8, 4) is 5.75 Å². The summed E-state index contributed by atoms with van der Waals surface area (Å²) < 4.78 is 6.05. The van der Waals surface area contributed by atoms with Gasteiger partial charge >= 0.3 is 0 Å². The highest BCUT2D eigenvalue weighted by atomic mass is 79.9. The Bertz CT molecular complexity index is 658. The van der Waals surface area contributed by atoms with Crippen molar-refractivity contribution in [2.75, 3.05) is 0 Å². The van der Waals surface area contributed by atoms with E-state index in [-0.39, 0.29) is 12.3 Å². The third kappa shape index (κ3) is 3.80. The van der Waals surface area contributed by atoms with Gasteiger partial charge in [0.25, 0.3) is 5.69 Å². The molecule has 0 bridgehead atoms. The zero-order chi connectivity index (χ0) is 15.4. The maximum Gasteiger partial charge on any atom is 0.283 e. The van der Waals surface area contributed by atoms with Crippen LogP contribution < -0.4 is 4.74 Å². The zero-order valence-electron chi connectivity index (χ0n) is 11.3.